The molecule has 4 nitrogen and oxygen atoms in total. The normalized spacial score (nSPS) is 11.9. The van der Waals surface area contributed by atoms with Crippen molar-refractivity contribution in [3.63, 3.8) is 0 Å². The zero-order chi connectivity index (χ0) is 18.2. The second-order valence-electron chi connectivity index (χ2n) is 6.42. The first-order chi connectivity index (χ1) is 12.5. The van der Waals surface area contributed by atoms with Gasteiger partial charge in [-0.3, -0.25) is 19.2 Å². The van der Waals surface area contributed by atoms with Crippen LogP contribution in [0.15, 0.2) is 61.6 Å². The molecule has 124 valence electrons. The standard InChI is InChI=1S/C21H10O4S/c1-9-6-7-12-13(8-9)17(23)15-14-16(22)10-4-2-3-5-11(10)18(24)20(14)26-21(15)19(12)25/h2-8H,1H3. The molecule has 0 aliphatic carbocycles. The fraction of sp³-hybridized carbons (Fsp3) is 0.0476. The van der Waals surface area contributed by atoms with Gasteiger partial charge in [0, 0.05) is 21.5 Å². The number of thiophene rings is 1. The molecule has 5 rings (SSSR count). The van der Waals surface area contributed by atoms with Gasteiger partial charge in [-0.05, 0) is 19.1 Å². The fourth-order valence-corrected chi connectivity index (χ4v) is 4.82. The summed E-state index contributed by atoms with van der Waals surface area (Å²) < 4.78 is 0.371. The second-order valence-corrected chi connectivity index (χ2v) is 7.44. The monoisotopic (exact) mass is 358 g/mol. The van der Waals surface area contributed by atoms with Gasteiger partial charge in [0.15, 0.2) is 10.9 Å². The SMILES string of the molecule is Cc1ccc2c(=O)c3sc4c(=O)c5ccccc5c(=O)c4c3c(=O)c2c1. The highest BCUT2D eigenvalue weighted by Gasteiger charge is 2.21. The lowest BCUT2D eigenvalue weighted by atomic mass is 10.0. The van der Waals surface area contributed by atoms with Gasteiger partial charge >= 0.3 is 0 Å². The molecule has 5 heteroatoms. The minimum absolute atomic E-state index is 0.0826. The second kappa shape index (κ2) is 4.93. The smallest absolute Gasteiger partial charge is 0.204 e. The number of hydrogen-bond donors (Lipinski definition) is 0. The predicted molar refractivity (Wildman–Crippen MR) is 107 cm³/mol. The Morgan fingerprint density at radius 2 is 1.12 bits per heavy atom. The molecule has 4 aromatic carbocycles. The summed E-state index contributed by atoms with van der Waals surface area (Å²) in [7, 11) is 0. The van der Waals surface area contributed by atoms with E-state index in [1.807, 2.05) is 6.92 Å². The Labute approximate surface area is 149 Å². The van der Waals surface area contributed by atoms with Gasteiger partial charge in [-0.1, -0.05) is 35.9 Å². The Hall–Kier alpha value is -3.18. The molecule has 0 saturated carbocycles. The lowest BCUT2D eigenvalue weighted by Gasteiger charge is -1.99. The Bertz CT molecular complexity index is 1620. The third-order valence-electron chi connectivity index (χ3n) is 4.86. The summed E-state index contributed by atoms with van der Waals surface area (Å²) in [4.78, 5) is 51.9. The number of aryl methyl sites for hydroxylation is 1. The first kappa shape index (κ1) is 15.1. The van der Waals surface area contributed by atoms with Crippen molar-refractivity contribution >= 4 is 53.1 Å². The average molecular weight is 358 g/mol. The van der Waals surface area contributed by atoms with Crippen molar-refractivity contribution in [2.75, 3.05) is 0 Å². The molecule has 0 aliphatic heterocycles. The Morgan fingerprint density at radius 3 is 1.73 bits per heavy atom. The lowest BCUT2D eigenvalue weighted by molar-refractivity contribution is 1.50. The van der Waals surface area contributed by atoms with Gasteiger partial charge in [0.2, 0.25) is 10.9 Å². The van der Waals surface area contributed by atoms with Crippen molar-refractivity contribution in [1.29, 1.82) is 0 Å². The number of hydrogen-bond acceptors (Lipinski definition) is 5. The van der Waals surface area contributed by atoms with Gasteiger partial charge in [-0.15, -0.1) is 11.3 Å². The van der Waals surface area contributed by atoms with E-state index >= 15 is 0 Å². The van der Waals surface area contributed by atoms with Crippen LogP contribution in [-0.4, -0.2) is 0 Å². The minimum Gasteiger partial charge on any atom is -0.289 e. The quantitative estimate of drug-likeness (QED) is 0.427. The number of fused-ring (bicyclic) bond motifs is 5. The van der Waals surface area contributed by atoms with Gasteiger partial charge in [0.25, 0.3) is 0 Å². The predicted octanol–water partition coefficient (Wildman–Crippen LogP) is 2.99. The number of rotatable bonds is 0. The Kier molecular flexibility index (Phi) is 2.86. The molecule has 0 atom stereocenters. The van der Waals surface area contributed by atoms with E-state index in [4.69, 9.17) is 0 Å². The Morgan fingerprint density at radius 1 is 0.615 bits per heavy atom. The summed E-state index contributed by atoms with van der Waals surface area (Å²) >= 11 is 0.952. The largest absolute Gasteiger partial charge is 0.289 e. The molecular formula is C21H10O4S. The first-order valence-electron chi connectivity index (χ1n) is 8.04. The van der Waals surface area contributed by atoms with E-state index in [1.54, 1.807) is 42.5 Å². The molecule has 1 aromatic heterocycles. The van der Waals surface area contributed by atoms with Gasteiger partial charge in [-0.25, -0.2) is 0 Å². The molecule has 0 radical (unpaired) electrons. The molecular weight excluding hydrogens is 348 g/mol. The molecule has 0 N–H and O–H groups in total. The molecule has 0 aliphatic rings. The van der Waals surface area contributed by atoms with E-state index in [1.165, 1.54) is 0 Å². The molecule has 0 bridgehead atoms. The summed E-state index contributed by atoms with van der Waals surface area (Å²) in [6.07, 6.45) is 0. The maximum atomic E-state index is 13.1. The van der Waals surface area contributed by atoms with E-state index in [0.717, 1.165) is 16.9 Å². The maximum absolute atomic E-state index is 13.1. The van der Waals surface area contributed by atoms with E-state index in [-0.39, 0.29) is 47.3 Å². The van der Waals surface area contributed by atoms with Crippen molar-refractivity contribution in [2.45, 2.75) is 6.92 Å². The summed E-state index contributed by atoms with van der Waals surface area (Å²) in [5.74, 6) is 0. The summed E-state index contributed by atoms with van der Waals surface area (Å²) in [6.45, 7) is 1.83. The van der Waals surface area contributed by atoms with Crippen molar-refractivity contribution in [3.8, 4) is 0 Å². The van der Waals surface area contributed by atoms with Crippen molar-refractivity contribution in [1.82, 2.24) is 0 Å². The van der Waals surface area contributed by atoms with E-state index in [9.17, 15) is 19.2 Å². The highest BCUT2D eigenvalue weighted by Crippen LogP contribution is 2.28. The van der Waals surface area contributed by atoms with Crippen LogP contribution in [0.1, 0.15) is 5.56 Å². The minimum atomic E-state index is -0.370. The van der Waals surface area contributed by atoms with E-state index in [0.29, 0.717) is 16.2 Å². The summed E-state index contributed by atoms with van der Waals surface area (Å²) in [5.41, 5.74) is -0.499. The molecule has 0 fully saturated rings. The molecule has 0 saturated heterocycles. The van der Waals surface area contributed by atoms with Gasteiger partial charge in [0.1, 0.15) is 0 Å². The van der Waals surface area contributed by atoms with E-state index < -0.39 is 0 Å². The van der Waals surface area contributed by atoms with Crippen LogP contribution in [0.2, 0.25) is 0 Å². The van der Waals surface area contributed by atoms with Gasteiger partial charge in [-0.2, -0.15) is 0 Å². The average Bonchev–Trinajstić information content (AvgIpc) is 3.05. The molecule has 0 amide bonds. The fourth-order valence-electron chi connectivity index (χ4n) is 3.62. The van der Waals surface area contributed by atoms with Crippen molar-refractivity contribution < 1.29 is 0 Å². The summed E-state index contributed by atoms with van der Waals surface area (Å²) in [6, 6.07) is 11.6. The van der Waals surface area contributed by atoms with Gasteiger partial charge in [0.05, 0.1) is 20.2 Å². The van der Waals surface area contributed by atoms with Crippen LogP contribution in [0.5, 0.6) is 0 Å². The maximum Gasteiger partial charge on any atom is 0.204 e. The first-order valence-corrected chi connectivity index (χ1v) is 8.86. The van der Waals surface area contributed by atoms with Crippen LogP contribution in [0.4, 0.5) is 0 Å². The Balaban J connectivity index is 2.23. The third kappa shape index (κ3) is 1.73. The van der Waals surface area contributed by atoms with Crippen LogP contribution in [-0.2, 0) is 0 Å². The molecule has 0 unspecified atom stereocenters. The van der Waals surface area contributed by atoms with Crippen LogP contribution >= 0.6 is 11.3 Å². The molecule has 0 spiro atoms. The third-order valence-corrected chi connectivity index (χ3v) is 6.04. The summed E-state index contributed by atoms with van der Waals surface area (Å²) in [5, 5.41) is 1.38. The van der Waals surface area contributed by atoms with Crippen LogP contribution in [0.25, 0.3) is 41.7 Å². The lowest BCUT2D eigenvalue weighted by Crippen LogP contribution is -2.15. The van der Waals surface area contributed by atoms with Crippen molar-refractivity contribution in [3.05, 3.63) is 88.9 Å². The molecule has 1 heterocycles. The van der Waals surface area contributed by atoms with Crippen LogP contribution < -0.4 is 21.7 Å². The van der Waals surface area contributed by atoms with Crippen LogP contribution in [0.3, 0.4) is 0 Å². The topological polar surface area (TPSA) is 68.3 Å². The zero-order valence-electron chi connectivity index (χ0n) is 13.6. The highest BCUT2D eigenvalue weighted by atomic mass is 32.1. The van der Waals surface area contributed by atoms with Crippen LogP contribution in [0, 0.1) is 6.92 Å². The van der Waals surface area contributed by atoms with Gasteiger partial charge < -0.3 is 0 Å². The number of benzene rings is 4. The van der Waals surface area contributed by atoms with E-state index in [2.05, 4.69) is 0 Å². The van der Waals surface area contributed by atoms with Crippen molar-refractivity contribution in [2.24, 2.45) is 0 Å². The highest BCUT2D eigenvalue weighted by molar-refractivity contribution is 7.25. The molecule has 5 aromatic rings. The molecule has 26 heavy (non-hydrogen) atoms. The zero-order valence-corrected chi connectivity index (χ0v) is 14.4.